The molecule has 7 heteroatoms. The van der Waals surface area contributed by atoms with Gasteiger partial charge in [0, 0.05) is 17.4 Å². The van der Waals surface area contributed by atoms with Crippen LogP contribution in [-0.4, -0.2) is 27.6 Å². The van der Waals surface area contributed by atoms with Crippen molar-refractivity contribution in [3.8, 4) is 0 Å². The molecular weight excluding hydrogens is 320 g/mol. The van der Waals surface area contributed by atoms with E-state index in [0.29, 0.717) is 23.6 Å². The molecule has 0 saturated carbocycles. The summed E-state index contributed by atoms with van der Waals surface area (Å²) in [4.78, 5) is 15.8. The molecule has 0 radical (unpaired) electrons. The Balaban J connectivity index is 1.91. The SMILES string of the molecule is O=C(NCCc1ncn[nH]1)c1ccc(Br)cc1Cl. The first-order valence-electron chi connectivity index (χ1n) is 5.24. The second kappa shape index (κ2) is 5.97. The maximum atomic E-state index is 11.8. The van der Waals surface area contributed by atoms with E-state index in [-0.39, 0.29) is 5.91 Å². The molecular formula is C11H10BrClN4O. The van der Waals surface area contributed by atoms with Gasteiger partial charge in [0.1, 0.15) is 12.2 Å². The van der Waals surface area contributed by atoms with Crippen LogP contribution in [0.4, 0.5) is 0 Å². The van der Waals surface area contributed by atoms with Crippen molar-refractivity contribution in [2.45, 2.75) is 6.42 Å². The normalized spacial score (nSPS) is 10.3. The molecule has 1 amide bonds. The maximum Gasteiger partial charge on any atom is 0.252 e. The molecule has 0 bridgehead atoms. The molecule has 2 N–H and O–H groups in total. The molecule has 1 heterocycles. The summed E-state index contributed by atoms with van der Waals surface area (Å²) in [7, 11) is 0. The van der Waals surface area contributed by atoms with Crippen molar-refractivity contribution in [1.29, 1.82) is 0 Å². The molecule has 0 unspecified atom stereocenters. The lowest BCUT2D eigenvalue weighted by Gasteiger charge is -2.06. The topological polar surface area (TPSA) is 70.7 Å². The van der Waals surface area contributed by atoms with Gasteiger partial charge in [-0.3, -0.25) is 9.89 Å². The molecule has 0 spiro atoms. The van der Waals surface area contributed by atoms with E-state index in [2.05, 4.69) is 36.4 Å². The van der Waals surface area contributed by atoms with Gasteiger partial charge in [-0.1, -0.05) is 27.5 Å². The zero-order valence-electron chi connectivity index (χ0n) is 9.28. The first-order valence-corrected chi connectivity index (χ1v) is 6.41. The molecule has 1 aromatic carbocycles. The molecule has 1 aromatic heterocycles. The Morgan fingerprint density at radius 1 is 1.50 bits per heavy atom. The van der Waals surface area contributed by atoms with Gasteiger partial charge >= 0.3 is 0 Å². The summed E-state index contributed by atoms with van der Waals surface area (Å²) < 4.78 is 0.839. The number of aromatic amines is 1. The Morgan fingerprint density at radius 3 is 3.00 bits per heavy atom. The lowest BCUT2D eigenvalue weighted by molar-refractivity contribution is 0.0954. The highest BCUT2D eigenvalue weighted by Gasteiger charge is 2.10. The lowest BCUT2D eigenvalue weighted by Crippen LogP contribution is -2.26. The molecule has 0 saturated heterocycles. The maximum absolute atomic E-state index is 11.8. The number of nitrogens with zero attached hydrogens (tertiary/aromatic N) is 2. The standard InChI is InChI=1S/C11H10BrClN4O/c12-7-1-2-8(9(13)5-7)11(18)14-4-3-10-15-6-16-17-10/h1-2,5-6H,3-4H2,(H,14,18)(H,15,16,17). The van der Waals surface area contributed by atoms with Crippen LogP contribution in [0.1, 0.15) is 16.2 Å². The summed E-state index contributed by atoms with van der Waals surface area (Å²) in [6.45, 7) is 0.473. The third-order valence-corrected chi connectivity index (χ3v) is 3.09. The van der Waals surface area contributed by atoms with Crippen molar-refractivity contribution in [3.05, 3.63) is 45.4 Å². The first-order chi connectivity index (χ1) is 8.66. The number of amides is 1. The van der Waals surface area contributed by atoms with Gasteiger partial charge in [-0.05, 0) is 18.2 Å². The van der Waals surface area contributed by atoms with E-state index in [4.69, 9.17) is 11.6 Å². The summed E-state index contributed by atoms with van der Waals surface area (Å²) in [6, 6.07) is 5.14. The third-order valence-electron chi connectivity index (χ3n) is 2.29. The van der Waals surface area contributed by atoms with E-state index in [1.807, 2.05) is 0 Å². The first kappa shape index (κ1) is 13.0. The number of carbonyl (C=O) groups excluding carboxylic acids is 1. The Bertz CT molecular complexity index is 544. The molecule has 0 atom stereocenters. The van der Waals surface area contributed by atoms with Gasteiger partial charge in [-0.15, -0.1) is 0 Å². The fourth-order valence-electron chi connectivity index (χ4n) is 1.41. The quantitative estimate of drug-likeness (QED) is 0.903. The Labute approximate surface area is 117 Å². The van der Waals surface area contributed by atoms with Crippen LogP contribution in [-0.2, 0) is 6.42 Å². The van der Waals surface area contributed by atoms with Crippen molar-refractivity contribution < 1.29 is 4.79 Å². The van der Waals surface area contributed by atoms with Gasteiger partial charge in [-0.2, -0.15) is 5.10 Å². The minimum atomic E-state index is -0.202. The summed E-state index contributed by atoms with van der Waals surface area (Å²) in [5.74, 6) is 0.532. The van der Waals surface area contributed by atoms with Crippen molar-refractivity contribution in [2.75, 3.05) is 6.54 Å². The minimum Gasteiger partial charge on any atom is -0.352 e. The Hall–Kier alpha value is -1.40. The number of carbonyl (C=O) groups is 1. The summed E-state index contributed by atoms with van der Waals surface area (Å²) in [5, 5.41) is 9.64. The second-order valence-corrected chi connectivity index (χ2v) is 4.89. The van der Waals surface area contributed by atoms with E-state index in [1.165, 1.54) is 6.33 Å². The van der Waals surface area contributed by atoms with Crippen LogP contribution in [0, 0.1) is 0 Å². The van der Waals surface area contributed by atoms with Crippen LogP contribution in [0.25, 0.3) is 0 Å². The lowest BCUT2D eigenvalue weighted by atomic mass is 10.2. The number of nitrogens with one attached hydrogen (secondary N) is 2. The molecule has 2 aromatic rings. The average molecular weight is 330 g/mol. The fraction of sp³-hybridized carbons (Fsp3) is 0.182. The van der Waals surface area contributed by atoms with E-state index in [0.717, 1.165) is 10.3 Å². The van der Waals surface area contributed by atoms with E-state index >= 15 is 0 Å². The number of hydrogen-bond acceptors (Lipinski definition) is 3. The van der Waals surface area contributed by atoms with Crippen LogP contribution in [0.3, 0.4) is 0 Å². The summed E-state index contributed by atoms with van der Waals surface area (Å²) in [6.07, 6.45) is 2.03. The number of rotatable bonds is 4. The van der Waals surface area contributed by atoms with E-state index < -0.39 is 0 Å². The third kappa shape index (κ3) is 3.30. The number of halogens is 2. The minimum absolute atomic E-state index is 0.202. The average Bonchev–Trinajstić information content (AvgIpc) is 2.81. The van der Waals surface area contributed by atoms with Crippen molar-refractivity contribution >= 4 is 33.4 Å². The van der Waals surface area contributed by atoms with E-state index in [1.54, 1.807) is 18.2 Å². The number of aromatic nitrogens is 3. The number of benzene rings is 1. The highest BCUT2D eigenvalue weighted by Crippen LogP contribution is 2.21. The molecule has 0 aliphatic heterocycles. The fourth-order valence-corrected chi connectivity index (χ4v) is 2.17. The van der Waals surface area contributed by atoms with Crippen LogP contribution >= 0.6 is 27.5 Å². The molecule has 94 valence electrons. The summed E-state index contributed by atoms with van der Waals surface area (Å²) in [5.41, 5.74) is 0.456. The van der Waals surface area contributed by atoms with Crippen molar-refractivity contribution in [1.82, 2.24) is 20.5 Å². The van der Waals surface area contributed by atoms with E-state index in [9.17, 15) is 4.79 Å². The highest BCUT2D eigenvalue weighted by molar-refractivity contribution is 9.10. The second-order valence-electron chi connectivity index (χ2n) is 3.56. The largest absolute Gasteiger partial charge is 0.352 e. The van der Waals surface area contributed by atoms with Gasteiger partial charge in [-0.25, -0.2) is 4.98 Å². The smallest absolute Gasteiger partial charge is 0.252 e. The van der Waals surface area contributed by atoms with Crippen LogP contribution in [0.15, 0.2) is 29.0 Å². The number of hydrogen-bond donors (Lipinski definition) is 2. The Kier molecular flexibility index (Phi) is 4.33. The van der Waals surface area contributed by atoms with Crippen LogP contribution in [0.2, 0.25) is 5.02 Å². The van der Waals surface area contributed by atoms with Gasteiger partial charge < -0.3 is 5.32 Å². The predicted octanol–water partition coefficient (Wildman–Crippen LogP) is 2.19. The molecule has 2 rings (SSSR count). The Morgan fingerprint density at radius 2 is 2.33 bits per heavy atom. The molecule has 0 fully saturated rings. The highest BCUT2D eigenvalue weighted by atomic mass is 79.9. The molecule has 18 heavy (non-hydrogen) atoms. The monoisotopic (exact) mass is 328 g/mol. The van der Waals surface area contributed by atoms with Gasteiger partial charge in [0.15, 0.2) is 0 Å². The van der Waals surface area contributed by atoms with Gasteiger partial charge in [0.25, 0.3) is 5.91 Å². The predicted molar refractivity (Wildman–Crippen MR) is 71.6 cm³/mol. The van der Waals surface area contributed by atoms with Crippen molar-refractivity contribution in [2.24, 2.45) is 0 Å². The molecule has 5 nitrogen and oxygen atoms in total. The van der Waals surface area contributed by atoms with Gasteiger partial charge in [0.2, 0.25) is 0 Å². The summed E-state index contributed by atoms with van der Waals surface area (Å²) >= 11 is 9.27. The zero-order valence-corrected chi connectivity index (χ0v) is 11.6. The van der Waals surface area contributed by atoms with Crippen molar-refractivity contribution in [3.63, 3.8) is 0 Å². The molecule has 0 aliphatic rings. The van der Waals surface area contributed by atoms with Crippen LogP contribution < -0.4 is 5.32 Å². The van der Waals surface area contributed by atoms with Gasteiger partial charge in [0.05, 0.1) is 10.6 Å². The van der Waals surface area contributed by atoms with Crippen LogP contribution in [0.5, 0.6) is 0 Å². The zero-order chi connectivity index (χ0) is 13.0. The molecule has 0 aliphatic carbocycles. The number of H-pyrrole nitrogens is 1.